The summed E-state index contributed by atoms with van der Waals surface area (Å²) in [5.74, 6) is 3.79. The van der Waals surface area contributed by atoms with Gasteiger partial charge in [-0.2, -0.15) is 11.8 Å². The zero-order chi connectivity index (χ0) is 16.8. The van der Waals surface area contributed by atoms with Crippen LogP contribution in [-0.4, -0.2) is 56.7 Å². The van der Waals surface area contributed by atoms with Crippen LogP contribution in [0.2, 0.25) is 0 Å². The Kier molecular flexibility index (Phi) is 6.26. The van der Waals surface area contributed by atoms with E-state index in [-0.39, 0.29) is 5.91 Å². The molecule has 2 aliphatic rings. The molecule has 2 heterocycles. The van der Waals surface area contributed by atoms with Gasteiger partial charge in [-0.1, -0.05) is 12.1 Å². The highest BCUT2D eigenvalue weighted by Crippen LogP contribution is 2.31. The van der Waals surface area contributed by atoms with Gasteiger partial charge in [0.05, 0.1) is 12.8 Å². The molecule has 0 bridgehead atoms. The van der Waals surface area contributed by atoms with Gasteiger partial charge in [0.25, 0.3) is 0 Å². The Morgan fingerprint density at radius 3 is 3.12 bits per heavy atom. The summed E-state index contributed by atoms with van der Waals surface area (Å²) in [6.07, 6.45) is 1.70. The number of hydrogen-bond acceptors (Lipinski definition) is 5. The fourth-order valence-corrected chi connectivity index (χ4v) is 4.36. The minimum Gasteiger partial charge on any atom is -0.495 e. The fraction of sp³-hybridized carbons (Fsp3) is 0.611. The second-order valence-corrected chi connectivity index (χ2v) is 7.66. The van der Waals surface area contributed by atoms with Crippen LogP contribution in [0.25, 0.3) is 0 Å². The minimum atomic E-state index is 0.172. The number of nitrogens with one attached hydrogen (secondary N) is 2. The molecule has 1 amide bonds. The lowest BCUT2D eigenvalue weighted by molar-refractivity contribution is -0.121. The molecule has 0 radical (unpaired) electrons. The number of nitrogens with zero attached hydrogens (tertiary/aromatic N) is 1. The van der Waals surface area contributed by atoms with Crippen LogP contribution < -0.4 is 20.3 Å². The van der Waals surface area contributed by atoms with Gasteiger partial charge in [0.1, 0.15) is 5.75 Å². The van der Waals surface area contributed by atoms with Gasteiger partial charge >= 0.3 is 0 Å². The first-order valence-electron chi connectivity index (χ1n) is 8.72. The number of carbonyl (C=O) groups is 1. The lowest BCUT2D eigenvalue weighted by atomic mass is 10.1. The Balaban J connectivity index is 1.43. The third-order valence-electron chi connectivity index (χ3n) is 4.73. The van der Waals surface area contributed by atoms with Gasteiger partial charge in [0.15, 0.2) is 0 Å². The Labute approximate surface area is 148 Å². The van der Waals surface area contributed by atoms with Crippen molar-refractivity contribution in [1.29, 1.82) is 0 Å². The molecule has 0 spiro atoms. The largest absolute Gasteiger partial charge is 0.495 e. The highest BCUT2D eigenvalue weighted by Gasteiger charge is 2.25. The summed E-state index contributed by atoms with van der Waals surface area (Å²) in [6, 6.07) is 8.47. The number of thioether (sulfide) groups is 1. The minimum absolute atomic E-state index is 0.172. The number of anilines is 1. The second-order valence-electron chi connectivity index (χ2n) is 6.51. The van der Waals surface area contributed by atoms with Gasteiger partial charge in [0.2, 0.25) is 5.91 Å². The first-order chi connectivity index (χ1) is 11.8. The molecule has 0 aliphatic carbocycles. The third-order valence-corrected chi connectivity index (χ3v) is 5.86. The Morgan fingerprint density at radius 1 is 1.46 bits per heavy atom. The monoisotopic (exact) mass is 349 g/mol. The molecule has 1 aromatic rings. The predicted molar refractivity (Wildman–Crippen MR) is 100 cm³/mol. The number of ether oxygens (including phenoxy) is 1. The number of amides is 1. The average Bonchev–Trinajstić information content (AvgIpc) is 3.09. The van der Waals surface area contributed by atoms with E-state index >= 15 is 0 Å². The van der Waals surface area contributed by atoms with E-state index < -0.39 is 0 Å². The van der Waals surface area contributed by atoms with Crippen molar-refractivity contribution < 1.29 is 9.53 Å². The Morgan fingerprint density at radius 2 is 2.33 bits per heavy atom. The fourth-order valence-electron chi connectivity index (χ4n) is 3.41. The molecule has 1 aromatic carbocycles. The van der Waals surface area contributed by atoms with Crippen molar-refractivity contribution in [3.05, 3.63) is 24.3 Å². The van der Waals surface area contributed by atoms with Gasteiger partial charge in [-0.15, -0.1) is 0 Å². The summed E-state index contributed by atoms with van der Waals surface area (Å²) < 4.78 is 5.46. The topological polar surface area (TPSA) is 53.6 Å². The van der Waals surface area contributed by atoms with Crippen LogP contribution in [0.15, 0.2) is 24.3 Å². The maximum Gasteiger partial charge on any atom is 0.221 e. The van der Waals surface area contributed by atoms with Crippen LogP contribution in [0.1, 0.15) is 12.8 Å². The molecule has 2 atom stereocenters. The van der Waals surface area contributed by atoms with E-state index in [1.807, 2.05) is 30.0 Å². The molecule has 3 rings (SSSR count). The number of para-hydroxylation sites is 2. The number of benzene rings is 1. The SMILES string of the molecule is COc1ccccc1N1CCC(CNC(=O)CC2CSCCN2)C1. The molecule has 2 N–H and O–H groups in total. The summed E-state index contributed by atoms with van der Waals surface area (Å²) in [7, 11) is 1.71. The van der Waals surface area contributed by atoms with E-state index in [1.54, 1.807) is 7.11 Å². The van der Waals surface area contributed by atoms with Crippen molar-refractivity contribution in [2.24, 2.45) is 5.92 Å². The third kappa shape index (κ3) is 4.57. The summed E-state index contributed by atoms with van der Waals surface area (Å²) in [5, 5.41) is 6.54. The molecular weight excluding hydrogens is 322 g/mol. The molecule has 24 heavy (non-hydrogen) atoms. The molecule has 0 saturated carbocycles. The number of carbonyl (C=O) groups excluding carboxylic acids is 1. The Bertz CT molecular complexity index is 549. The highest BCUT2D eigenvalue weighted by molar-refractivity contribution is 7.99. The first-order valence-corrected chi connectivity index (χ1v) is 9.87. The van der Waals surface area contributed by atoms with Gasteiger partial charge in [-0.3, -0.25) is 4.79 Å². The van der Waals surface area contributed by atoms with Crippen LogP contribution >= 0.6 is 11.8 Å². The van der Waals surface area contributed by atoms with E-state index in [2.05, 4.69) is 21.6 Å². The maximum absolute atomic E-state index is 12.1. The second kappa shape index (κ2) is 8.62. The van der Waals surface area contributed by atoms with Crippen molar-refractivity contribution in [3.63, 3.8) is 0 Å². The predicted octanol–water partition coefficient (Wildman–Crippen LogP) is 1.73. The molecular formula is C18H27N3O2S. The number of methoxy groups -OCH3 is 1. The summed E-state index contributed by atoms with van der Waals surface area (Å²) in [5.41, 5.74) is 1.15. The number of hydrogen-bond donors (Lipinski definition) is 2. The zero-order valence-electron chi connectivity index (χ0n) is 14.3. The van der Waals surface area contributed by atoms with Gasteiger partial charge in [-0.25, -0.2) is 0 Å². The molecule has 2 saturated heterocycles. The van der Waals surface area contributed by atoms with Crippen LogP contribution in [0, 0.1) is 5.92 Å². The normalized spacial score (nSPS) is 24.0. The molecule has 5 nitrogen and oxygen atoms in total. The smallest absolute Gasteiger partial charge is 0.221 e. The summed E-state index contributed by atoms with van der Waals surface area (Å²) in [6.45, 7) is 3.77. The van der Waals surface area contributed by atoms with Crippen LogP contribution in [-0.2, 0) is 4.79 Å². The van der Waals surface area contributed by atoms with Crippen molar-refractivity contribution >= 4 is 23.4 Å². The van der Waals surface area contributed by atoms with Crippen LogP contribution in [0.3, 0.4) is 0 Å². The molecule has 2 unspecified atom stereocenters. The number of rotatable bonds is 6. The maximum atomic E-state index is 12.1. The van der Waals surface area contributed by atoms with E-state index in [9.17, 15) is 4.79 Å². The molecule has 0 aromatic heterocycles. The Hall–Kier alpha value is -1.40. The van der Waals surface area contributed by atoms with Crippen LogP contribution in [0.4, 0.5) is 5.69 Å². The van der Waals surface area contributed by atoms with E-state index in [1.165, 1.54) is 0 Å². The first kappa shape index (κ1) is 17.4. The highest BCUT2D eigenvalue weighted by atomic mass is 32.2. The van der Waals surface area contributed by atoms with Gasteiger partial charge < -0.3 is 20.3 Å². The lowest BCUT2D eigenvalue weighted by Crippen LogP contribution is -2.42. The summed E-state index contributed by atoms with van der Waals surface area (Å²) in [4.78, 5) is 14.5. The molecule has 2 fully saturated rings. The standard InChI is InChI=1S/C18H27N3O2S/c1-23-17-5-3-2-4-16(17)21-8-6-14(12-21)11-20-18(22)10-15-13-24-9-7-19-15/h2-5,14-15,19H,6-13H2,1H3,(H,20,22). The van der Waals surface area contributed by atoms with Crippen molar-refractivity contribution in [3.8, 4) is 5.75 Å². The quantitative estimate of drug-likeness (QED) is 0.819. The average molecular weight is 350 g/mol. The summed E-state index contributed by atoms with van der Waals surface area (Å²) >= 11 is 1.93. The van der Waals surface area contributed by atoms with E-state index in [0.717, 1.165) is 55.5 Å². The van der Waals surface area contributed by atoms with E-state index in [0.29, 0.717) is 18.4 Å². The molecule has 2 aliphatic heterocycles. The lowest BCUT2D eigenvalue weighted by Gasteiger charge is -2.23. The molecule has 6 heteroatoms. The van der Waals surface area contributed by atoms with E-state index in [4.69, 9.17) is 4.74 Å². The zero-order valence-corrected chi connectivity index (χ0v) is 15.1. The van der Waals surface area contributed by atoms with Crippen molar-refractivity contribution in [1.82, 2.24) is 10.6 Å². The molecule has 132 valence electrons. The van der Waals surface area contributed by atoms with Crippen molar-refractivity contribution in [2.45, 2.75) is 18.9 Å². The van der Waals surface area contributed by atoms with Gasteiger partial charge in [-0.05, 0) is 24.5 Å². The van der Waals surface area contributed by atoms with Crippen LogP contribution in [0.5, 0.6) is 5.75 Å². The van der Waals surface area contributed by atoms with Crippen molar-refractivity contribution in [2.75, 3.05) is 49.7 Å². The van der Waals surface area contributed by atoms with Gasteiger partial charge in [0, 0.05) is 50.1 Å².